The summed E-state index contributed by atoms with van der Waals surface area (Å²) in [7, 11) is 3.12. The fraction of sp³-hybridized carbons (Fsp3) is 0.385. The molecule has 0 fully saturated rings. The summed E-state index contributed by atoms with van der Waals surface area (Å²) in [6.07, 6.45) is 2.67. The van der Waals surface area contributed by atoms with Gasteiger partial charge in [-0.3, -0.25) is 0 Å². The Balaban J connectivity index is 3.16. The van der Waals surface area contributed by atoms with Crippen LogP contribution in [0, 0.1) is 0 Å². The smallest absolute Gasteiger partial charge is 0.164 e. The lowest BCUT2D eigenvalue weighted by atomic mass is 10.1. The van der Waals surface area contributed by atoms with Gasteiger partial charge in [-0.15, -0.1) is 0 Å². The quantitative estimate of drug-likeness (QED) is 0.796. The van der Waals surface area contributed by atoms with Gasteiger partial charge in [-0.1, -0.05) is 11.6 Å². The topological polar surface area (TPSA) is 38.7 Å². The third-order valence-electron chi connectivity index (χ3n) is 2.36. The minimum atomic E-state index is 0.152. The Morgan fingerprint density at radius 2 is 1.75 bits per heavy atom. The molecule has 0 amide bonds. The first-order chi connectivity index (χ1) is 7.60. The van der Waals surface area contributed by atoms with Crippen LogP contribution < -0.4 is 9.47 Å². The number of methoxy groups -OCH3 is 2. The third-order valence-corrected chi connectivity index (χ3v) is 2.36. The highest BCUT2D eigenvalue weighted by atomic mass is 16.5. The summed E-state index contributed by atoms with van der Waals surface area (Å²) in [5, 5.41) is 9.98. The van der Waals surface area contributed by atoms with Gasteiger partial charge in [0.05, 0.1) is 14.2 Å². The van der Waals surface area contributed by atoms with Gasteiger partial charge in [0.25, 0.3) is 0 Å². The van der Waals surface area contributed by atoms with Crippen LogP contribution in [0.5, 0.6) is 17.2 Å². The summed E-state index contributed by atoms with van der Waals surface area (Å²) >= 11 is 0. The second-order valence-corrected chi connectivity index (χ2v) is 3.78. The number of hydrogen-bond acceptors (Lipinski definition) is 3. The van der Waals surface area contributed by atoms with Crippen molar-refractivity contribution in [3.8, 4) is 17.2 Å². The van der Waals surface area contributed by atoms with Crippen LogP contribution in [0.2, 0.25) is 0 Å². The van der Waals surface area contributed by atoms with Crippen molar-refractivity contribution in [3.63, 3.8) is 0 Å². The molecule has 3 nitrogen and oxygen atoms in total. The molecule has 0 saturated heterocycles. The molecule has 16 heavy (non-hydrogen) atoms. The van der Waals surface area contributed by atoms with E-state index in [0.717, 1.165) is 5.56 Å². The van der Waals surface area contributed by atoms with Gasteiger partial charge in [-0.25, -0.2) is 0 Å². The van der Waals surface area contributed by atoms with E-state index in [1.807, 2.05) is 19.9 Å². The van der Waals surface area contributed by atoms with Crippen LogP contribution >= 0.6 is 0 Å². The second-order valence-electron chi connectivity index (χ2n) is 3.78. The maximum Gasteiger partial charge on any atom is 0.164 e. The number of ether oxygens (including phenoxy) is 2. The zero-order valence-corrected chi connectivity index (χ0v) is 10.2. The van der Waals surface area contributed by atoms with E-state index < -0.39 is 0 Å². The van der Waals surface area contributed by atoms with Crippen LogP contribution in [0.3, 0.4) is 0 Å². The lowest BCUT2D eigenvalue weighted by Gasteiger charge is -2.12. The Bertz CT molecular complexity index is 390. The van der Waals surface area contributed by atoms with Crippen molar-refractivity contribution in [1.29, 1.82) is 0 Å². The van der Waals surface area contributed by atoms with Crippen LogP contribution in [-0.4, -0.2) is 19.3 Å². The number of rotatable bonds is 4. The van der Waals surface area contributed by atoms with E-state index in [9.17, 15) is 5.11 Å². The van der Waals surface area contributed by atoms with Crippen LogP contribution in [0.25, 0.3) is 0 Å². The molecule has 88 valence electrons. The van der Waals surface area contributed by atoms with Crippen molar-refractivity contribution in [2.45, 2.75) is 20.3 Å². The third kappa shape index (κ3) is 2.69. The lowest BCUT2D eigenvalue weighted by molar-refractivity contribution is 0.361. The Labute approximate surface area is 96.3 Å². The van der Waals surface area contributed by atoms with Gasteiger partial charge in [0.15, 0.2) is 11.5 Å². The molecule has 0 aliphatic rings. The van der Waals surface area contributed by atoms with Gasteiger partial charge in [0.2, 0.25) is 0 Å². The van der Waals surface area contributed by atoms with Crippen LogP contribution in [0.4, 0.5) is 0 Å². The maximum atomic E-state index is 9.98. The summed E-state index contributed by atoms with van der Waals surface area (Å²) in [6.45, 7) is 4.04. The fourth-order valence-corrected chi connectivity index (χ4v) is 1.46. The molecular formula is C13H18O3. The number of hydrogen-bond donors (Lipinski definition) is 1. The molecule has 1 rings (SSSR count). The van der Waals surface area contributed by atoms with E-state index in [0.29, 0.717) is 17.9 Å². The van der Waals surface area contributed by atoms with Crippen molar-refractivity contribution < 1.29 is 14.6 Å². The molecule has 1 aromatic rings. The highest BCUT2D eigenvalue weighted by Gasteiger charge is 2.12. The molecule has 0 aliphatic carbocycles. The van der Waals surface area contributed by atoms with E-state index >= 15 is 0 Å². The van der Waals surface area contributed by atoms with E-state index in [-0.39, 0.29) is 5.75 Å². The van der Waals surface area contributed by atoms with E-state index in [4.69, 9.17) is 9.47 Å². The normalized spacial score (nSPS) is 9.75. The minimum Gasteiger partial charge on any atom is -0.504 e. The van der Waals surface area contributed by atoms with Crippen molar-refractivity contribution in [1.82, 2.24) is 0 Å². The van der Waals surface area contributed by atoms with Crippen LogP contribution in [0.15, 0.2) is 23.8 Å². The number of benzene rings is 1. The van der Waals surface area contributed by atoms with Gasteiger partial charge >= 0.3 is 0 Å². The van der Waals surface area contributed by atoms with Crippen molar-refractivity contribution >= 4 is 0 Å². The summed E-state index contributed by atoms with van der Waals surface area (Å²) in [5.41, 5.74) is 1.95. The number of phenols is 1. The van der Waals surface area contributed by atoms with Gasteiger partial charge in [0, 0.05) is 5.56 Å². The predicted molar refractivity (Wildman–Crippen MR) is 64.3 cm³/mol. The van der Waals surface area contributed by atoms with Crippen molar-refractivity contribution in [3.05, 3.63) is 29.3 Å². The molecule has 0 aliphatic heterocycles. The Hall–Kier alpha value is -1.64. The average Bonchev–Trinajstić information content (AvgIpc) is 2.26. The Morgan fingerprint density at radius 3 is 2.25 bits per heavy atom. The second kappa shape index (κ2) is 5.45. The Morgan fingerprint density at radius 1 is 1.19 bits per heavy atom. The van der Waals surface area contributed by atoms with Crippen LogP contribution in [0.1, 0.15) is 19.4 Å². The summed E-state index contributed by atoms with van der Waals surface area (Å²) in [6, 6.07) is 3.49. The summed E-state index contributed by atoms with van der Waals surface area (Å²) < 4.78 is 10.3. The molecule has 1 aromatic carbocycles. The molecule has 0 spiro atoms. The fourth-order valence-electron chi connectivity index (χ4n) is 1.46. The first kappa shape index (κ1) is 12.4. The number of allylic oxidation sites excluding steroid dienone is 2. The lowest BCUT2D eigenvalue weighted by Crippen LogP contribution is -1.94. The predicted octanol–water partition coefficient (Wildman–Crippen LogP) is 2.92. The zero-order valence-electron chi connectivity index (χ0n) is 10.2. The first-order valence-corrected chi connectivity index (χ1v) is 5.16. The number of phenolic OH excluding ortho intramolecular Hbond substituents is 1. The summed E-state index contributed by atoms with van der Waals surface area (Å²) in [5.74, 6) is 1.30. The molecule has 0 atom stereocenters. The molecule has 0 heterocycles. The monoisotopic (exact) mass is 222 g/mol. The minimum absolute atomic E-state index is 0.152. The molecule has 0 bridgehead atoms. The maximum absolute atomic E-state index is 9.98. The molecule has 1 N–H and O–H groups in total. The van der Waals surface area contributed by atoms with Crippen LogP contribution in [-0.2, 0) is 6.42 Å². The Kier molecular flexibility index (Phi) is 4.23. The highest BCUT2D eigenvalue weighted by molar-refractivity contribution is 5.53. The van der Waals surface area contributed by atoms with Gasteiger partial charge in [-0.05, 0) is 32.4 Å². The molecule has 0 saturated carbocycles. The number of aromatic hydroxyl groups is 1. The van der Waals surface area contributed by atoms with E-state index in [2.05, 4.69) is 0 Å². The van der Waals surface area contributed by atoms with Crippen molar-refractivity contribution in [2.75, 3.05) is 14.2 Å². The molecule has 0 unspecified atom stereocenters. The van der Waals surface area contributed by atoms with Gasteiger partial charge in [0.1, 0.15) is 5.75 Å². The first-order valence-electron chi connectivity index (χ1n) is 5.16. The molecule has 0 radical (unpaired) electrons. The van der Waals surface area contributed by atoms with E-state index in [1.165, 1.54) is 12.7 Å². The molecule has 3 heteroatoms. The largest absolute Gasteiger partial charge is 0.504 e. The average molecular weight is 222 g/mol. The van der Waals surface area contributed by atoms with E-state index in [1.54, 1.807) is 19.2 Å². The highest BCUT2D eigenvalue weighted by Crippen LogP contribution is 2.36. The zero-order chi connectivity index (χ0) is 12.1. The summed E-state index contributed by atoms with van der Waals surface area (Å²) in [4.78, 5) is 0. The SMILES string of the molecule is COc1ccc(OC)c(CC=C(C)C)c1O. The molecular weight excluding hydrogens is 204 g/mol. The van der Waals surface area contributed by atoms with Gasteiger partial charge < -0.3 is 14.6 Å². The van der Waals surface area contributed by atoms with Crippen molar-refractivity contribution in [2.24, 2.45) is 0 Å². The standard InChI is InChI=1S/C13H18O3/c1-9(2)5-6-10-11(15-3)7-8-12(16-4)13(10)14/h5,7-8,14H,6H2,1-4H3. The molecule has 0 aromatic heterocycles. The van der Waals surface area contributed by atoms with Gasteiger partial charge in [-0.2, -0.15) is 0 Å².